The summed E-state index contributed by atoms with van der Waals surface area (Å²) in [6.45, 7) is 2.53. The van der Waals surface area contributed by atoms with Gasteiger partial charge in [0.2, 0.25) is 0 Å². The lowest BCUT2D eigenvalue weighted by Crippen LogP contribution is -2.42. The van der Waals surface area contributed by atoms with Crippen molar-refractivity contribution in [2.24, 2.45) is 17.6 Å². The molecule has 4 nitrogen and oxygen atoms in total. The van der Waals surface area contributed by atoms with Gasteiger partial charge in [0, 0.05) is 25.7 Å². The minimum atomic E-state index is -0.171. The molecule has 1 saturated carbocycles. The van der Waals surface area contributed by atoms with Crippen LogP contribution in [0.3, 0.4) is 0 Å². The first-order chi connectivity index (χ1) is 8.75. The third kappa shape index (κ3) is 2.28. The highest BCUT2D eigenvalue weighted by Crippen LogP contribution is 2.36. The predicted octanol–water partition coefficient (Wildman–Crippen LogP) is 1.14. The van der Waals surface area contributed by atoms with Crippen LogP contribution in [-0.4, -0.2) is 42.6 Å². The van der Waals surface area contributed by atoms with Crippen molar-refractivity contribution < 1.29 is 9.53 Å². The number of ether oxygens (including phenoxy) is 1. The molecule has 3 aliphatic rings. The minimum absolute atomic E-state index is 0.171. The van der Waals surface area contributed by atoms with E-state index in [4.69, 9.17) is 10.5 Å². The van der Waals surface area contributed by atoms with E-state index in [0.717, 1.165) is 45.4 Å². The van der Waals surface area contributed by atoms with Gasteiger partial charge in [-0.25, -0.2) is 0 Å². The zero-order valence-corrected chi connectivity index (χ0v) is 11.0. The Balaban J connectivity index is 1.62. The second-order valence-corrected chi connectivity index (χ2v) is 6.12. The molecule has 2 heterocycles. The van der Waals surface area contributed by atoms with Crippen molar-refractivity contribution >= 4 is 5.91 Å². The number of rotatable bonds is 1. The summed E-state index contributed by atoms with van der Waals surface area (Å²) in [5.41, 5.74) is 6.19. The summed E-state index contributed by atoms with van der Waals surface area (Å²) in [6, 6.07) is 0.300. The molecule has 2 saturated heterocycles. The Bertz CT molecular complexity index is 315. The Labute approximate surface area is 109 Å². The largest absolute Gasteiger partial charge is 0.368 e. The molecule has 0 aromatic carbocycles. The molecule has 0 aromatic heterocycles. The van der Waals surface area contributed by atoms with Gasteiger partial charge in [0.25, 0.3) is 5.91 Å². The first-order valence-corrected chi connectivity index (χ1v) is 7.41. The minimum Gasteiger partial charge on any atom is -0.368 e. The van der Waals surface area contributed by atoms with Gasteiger partial charge < -0.3 is 15.4 Å². The molecule has 1 amide bonds. The Kier molecular flexibility index (Phi) is 3.57. The van der Waals surface area contributed by atoms with Crippen LogP contribution in [-0.2, 0) is 9.53 Å². The van der Waals surface area contributed by atoms with Crippen LogP contribution < -0.4 is 5.73 Å². The van der Waals surface area contributed by atoms with Gasteiger partial charge in [-0.2, -0.15) is 0 Å². The van der Waals surface area contributed by atoms with Crippen LogP contribution in [0, 0.1) is 11.8 Å². The van der Waals surface area contributed by atoms with E-state index < -0.39 is 0 Å². The average molecular weight is 252 g/mol. The van der Waals surface area contributed by atoms with Crippen LogP contribution in [0.15, 0.2) is 0 Å². The normalized spacial score (nSPS) is 40.6. The quantitative estimate of drug-likeness (QED) is 0.761. The van der Waals surface area contributed by atoms with Gasteiger partial charge in [0.15, 0.2) is 0 Å². The van der Waals surface area contributed by atoms with Crippen LogP contribution in [0.1, 0.15) is 38.5 Å². The van der Waals surface area contributed by atoms with E-state index in [9.17, 15) is 4.79 Å². The van der Waals surface area contributed by atoms with Crippen molar-refractivity contribution in [3.8, 4) is 0 Å². The highest BCUT2D eigenvalue weighted by atomic mass is 16.5. The van der Waals surface area contributed by atoms with Crippen LogP contribution in [0.4, 0.5) is 0 Å². The Morgan fingerprint density at radius 1 is 1.11 bits per heavy atom. The van der Waals surface area contributed by atoms with Crippen molar-refractivity contribution in [3.05, 3.63) is 0 Å². The first-order valence-electron chi connectivity index (χ1n) is 7.41. The molecule has 4 heteroatoms. The lowest BCUT2D eigenvalue weighted by molar-refractivity contribution is -0.145. The monoisotopic (exact) mass is 252 g/mol. The molecule has 1 aliphatic carbocycles. The number of hydrogen-bond donors (Lipinski definition) is 1. The van der Waals surface area contributed by atoms with Crippen molar-refractivity contribution in [1.29, 1.82) is 0 Å². The van der Waals surface area contributed by atoms with Gasteiger partial charge in [-0.15, -0.1) is 0 Å². The smallest absolute Gasteiger partial charge is 0.251 e. The van der Waals surface area contributed by atoms with E-state index in [0.29, 0.717) is 17.9 Å². The van der Waals surface area contributed by atoms with E-state index in [1.807, 2.05) is 4.90 Å². The second-order valence-electron chi connectivity index (χ2n) is 6.12. The molecule has 0 bridgehead atoms. The summed E-state index contributed by atoms with van der Waals surface area (Å²) in [5.74, 6) is 1.39. The lowest BCUT2D eigenvalue weighted by Gasteiger charge is -2.29. The number of amides is 1. The molecule has 4 atom stereocenters. The van der Waals surface area contributed by atoms with Crippen LogP contribution in [0.2, 0.25) is 0 Å². The fourth-order valence-electron chi connectivity index (χ4n) is 3.84. The zero-order chi connectivity index (χ0) is 12.5. The standard InChI is InChI=1S/C14H24N2O2/c15-12-5-3-4-10-8-16(9-11(10)12)14(17)13-6-1-2-7-18-13/h10-13H,1-9,15H2. The van der Waals surface area contributed by atoms with Crippen LogP contribution in [0.25, 0.3) is 0 Å². The van der Waals surface area contributed by atoms with Crippen molar-refractivity contribution in [1.82, 2.24) is 4.90 Å². The topological polar surface area (TPSA) is 55.6 Å². The van der Waals surface area contributed by atoms with Gasteiger partial charge in [-0.1, -0.05) is 6.42 Å². The Morgan fingerprint density at radius 3 is 2.72 bits per heavy atom. The summed E-state index contributed by atoms with van der Waals surface area (Å²) < 4.78 is 5.61. The summed E-state index contributed by atoms with van der Waals surface area (Å²) in [7, 11) is 0. The van der Waals surface area contributed by atoms with Gasteiger partial charge in [0.05, 0.1) is 0 Å². The average Bonchev–Trinajstić information content (AvgIpc) is 2.84. The summed E-state index contributed by atoms with van der Waals surface area (Å²) >= 11 is 0. The highest BCUT2D eigenvalue weighted by Gasteiger charge is 2.42. The molecule has 2 aliphatic heterocycles. The molecule has 3 rings (SSSR count). The maximum Gasteiger partial charge on any atom is 0.251 e. The zero-order valence-electron chi connectivity index (χ0n) is 11.0. The molecule has 0 spiro atoms. The van der Waals surface area contributed by atoms with Crippen molar-refractivity contribution in [2.45, 2.75) is 50.7 Å². The molecule has 2 N–H and O–H groups in total. The summed E-state index contributed by atoms with van der Waals surface area (Å²) in [5, 5.41) is 0. The fraction of sp³-hybridized carbons (Fsp3) is 0.929. The van der Waals surface area contributed by atoms with E-state index in [1.165, 1.54) is 12.8 Å². The molecule has 3 fully saturated rings. The van der Waals surface area contributed by atoms with Gasteiger partial charge in [-0.3, -0.25) is 4.79 Å². The SMILES string of the molecule is NC1CCCC2CN(C(=O)C3CCCCO3)CC12. The molecule has 18 heavy (non-hydrogen) atoms. The van der Waals surface area contributed by atoms with Gasteiger partial charge in [-0.05, 0) is 43.9 Å². The Hall–Kier alpha value is -0.610. The number of hydrogen-bond acceptors (Lipinski definition) is 3. The van der Waals surface area contributed by atoms with Crippen LogP contribution >= 0.6 is 0 Å². The molecule has 0 radical (unpaired) electrons. The summed E-state index contributed by atoms with van der Waals surface area (Å²) in [4.78, 5) is 14.4. The number of carbonyl (C=O) groups is 1. The Morgan fingerprint density at radius 2 is 2.00 bits per heavy atom. The first kappa shape index (κ1) is 12.4. The number of likely N-dealkylation sites (tertiary alicyclic amines) is 1. The molecular formula is C14H24N2O2. The lowest BCUT2D eigenvalue weighted by atomic mass is 9.78. The van der Waals surface area contributed by atoms with E-state index in [-0.39, 0.29) is 12.0 Å². The maximum absolute atomic E-state index is 12.4. The van der Waals surface area contributed by atoms with E-state index in [1.54, 1.807) is 0 Å². The predicted molar refractivity (Wildman–Crippen MR) is 69.0 cm³/mol. The third-order valence-corrected chi connectivity index (χ3v) is 4.92. The molecule has 4 unspecified atom stereocenters. The van der Waals surface area contributed by atoms with E-state index >= 15 is 0 Å². The number of carbonyl (C=O) groups excluding carboxylic acids is 1. The van der Waals surface area contributed by atoms with E-state index in [2.05, 4.69) is 0 Å². The maximum atomic E-state index is 12.4. The third-order valence-electron chi connectivity index (χ3n) is 4.92. The summed E-state index contributed by atoms with van der Waals surface area (Å²) in [6.07, 6.45) is 6.55. The van der Waals surface area contributed by atoms with Gasteiger partial charge >= 0.3 is 0 Å². The molecular weight excluding hydrogens is 228 g/mol. The van der Waals surface area contributed by atoms with Crippen molar-refractivity contribution in [2.75, 3.05) is 19.7 Å². The number of nitrogens with zero attached hydrogens (tertiary/aromatic N) is 1. The van der Waals surface area contributed by atoms with Crippen LogP contribution in [0.5, 0.6) is 0 Å². The van der Waals surface area contributed by atoms with Crippen molar-refractivity contribution in [3.63, 3.8) is 0 Å². The van der Waals surface area contributed by atoms with Gasteiger partial charge in [0.1, 0.15) is 6.10 Å². The highest BCUT2D eigenvalue weighted by molar-refractivity contribution is 5.81. The number of fused-ring (bicyclic) bond motifs is 1. The second kappa shape index (κ2) is 5.17. The molecule has 102 valence electrons. The molecule has 0 aromatic rings. The fourth-order valence-corrected chi connectivity index (χ4v) is 3.84. The number of nitrogens with two attached hydrogens (primary N) is 1.